The summed E-state index contributed by atoms with van der Waals surface area (Å²) in [6.07, 6.45) is 1.10. The molecule has 0 aromatic heterocycles. The van der Waals surface area contributed by atoms with Gasteiger partial charge in [-0.25, -0.2) is 4.39 Å². The van der Waals surface area contributed by atoms with Crippen LogP contribution in [0.3, 0.4) is 0 Å². The number of nitrogens with one attached hydrogen (secondary N) is 2. The van der Waals surface area contributed by atoms with E-state index in [-0.39, 0.29) is 11.7 Å². The van der Waals surface area contributed by atoms with Crippen molar-refractivity contribution >= 4 is 5.91 Å². The molecule has 0 heterocycles. The fourth-order valence-corrected chi connectivity index (χ4v) is 1.66. The van der Waals surface area contributed by atoms with Crippen molar-refractivity contribution in [2.24, 2.45) is 5.92 Å². The number of carbonyl (C=O) groups excluding carboxylic acids is 1. The summed E-state index contributed by atoms with van der Waals surface area (Å²) >= 11 is 0. The Morgan fingerprint density at radius 2 is 2.00 bits per heavy atom. The van der Waals surface area contributed by atoms with Gasteiger partial charge in [0.05, 0.1) is 0 Å². The first kappa shape index (κ1) is 15.6. The molecule has 1 aromatic carbocycles. The van der Waals surface area contributed by atoms with Crippen LogP contribution in [0.4, 0.5) is 4.39 Å². The quantitative estimate of drug-likeness (QED) is 0.708. The molecular formula is C15H23FN2O. The summed E-state index contributed by atoms with van der Waals surface area (Å²) in [4.78, 5) is 11.4. The van der Waals surface area contributed by atoms with Crippen molar-refractivity contribution in [3.05, 3.63) is 35.6 Å². The van der Waals surface area contributed by atoms with Crippen molar-refractivity contribution in [2.75, 3.05) is 19.6 Å². The lowest BCUT2D eigenvalue weighted by atomic mass is 10.1. The number of amides is 1. The first-order chi connectivity index (χ1) is 9.09. The molecule has 0 saturated heterocycles. The highest BCUT2D eigenvalue weighted by Gasteiger charge is 2.02. The Balaban J connectivity index is 2.08. The fraction of sp³-hybridized carbons (Fsp3) is 0.533. The van der Waals surface area contributed by atoms with Gasteiger partial charge in [0.25, 0.3) is 0 Å². The molecule has 0 aliphatic heterocycles. The Hall–Kier alpha value is -1.42. The largest absolute Gasteiger partial charge is 0.356 e. The molecule has 1 aromatic rings. The number of halogens is 1. The Morgan fingerprint density at radius 1 is 1.26 bits per heavy atom. The third kappa shape index (κ3) is 6.91. The molecular weight excluding hydrogens is 243 g/mol. The smallest absolute Gasteiger partial charge is 0.221 e. The van der Waals surface area contributed by atoms with Crippen molar-refractivity contribution in [3.63, 3.8) is 0 Å². The molecule has 0 unspecified atom stereocenters. The third-order valence-electron chi connectivity index (χ3n) is 2.77. The van der Waals surface area contributed by atoms with Crippen LogP contribution in [-0.4, -0.2) is 25.5 Å². The molecule has 0 aliphatic rings. The minimum Gasteiger partial charge on any atom is -0.356 e. The topological polar surface area (TPSA) is 41.1 Å². The first-order valence-electron chi connectivity index (χ1n) is 6.80. The van der Waals surface area contributed by atoms with Crippen LogP contribution in [0.5, 0.6) is 0 Å². The van der Waals surface area contributed by atoms with Crippen molar-refractivity contribution in [1.29, 1.82) is 0 Å². The van der Waals surface area contributed by atoms with Gasteiger partial charge in [-0.05, 0) is 30.5 Å². The molecule has 1 amide bonds. The maximum absolute atomic E-state index is 13.3. The summed E-state index contributed by atoms with van der Waals surface area (Å²) in [5.74, 6) is 0.365. The van der Waals surface area contributed by atoms with E-state index in [1.54, 1.807) is 12.1 Å². The van der Waals surface area contributed by atoms with Gasteiger partial charge >= 0.3 is 0 Å². The van der Waals surface area contributed by atoms with Crippen LogP contribution in [0.15, 0.2) is 24.3 Å². The number of hydrogen-bond acceptors (Lipinski definition) is 2. The van der Waals surface area contributed by atoms with E-state index in [9.17, 15) is 9.18 Å². The van der Waals surface area contributed by atoms with Gasteiger partial charge in [-0.2, -0.15) is 0 Å². The predicted molar refractivity (Wildman–Crippen MR) is 75.4 cm³/mol. The van der Waals surface area contributed by atoms with Gasteiger partial charge in [0.1, 0.15) is 5.82 Å². The standard InChI is InChI=1S/C15H23FN2O/c1-12(2)11-18-15(19)8-10-17-9-7-13-5-3-4-6-14(13)16/h3-6,12,17H,7-11H2,1-2H3,(H,18,19). The molecule has 4 heteroatoms. The van der Waals surface area contributed by atoms with E-state index in [1.807, 2.05) is 6.07 Å². The Labute approximate surface area is 114 Å². The normalized spacial score (nSPS) is 10.7. The van der Waals surface area contributed by atoms with Crippen LogP contribution in [0, 0.1) is 11.7 Å². The van der Waals surface area contributed by atoms with Crippen LogP contribution in [0.2, 0.25) is 0 Å². The zero-order valence-electron chi connectivity index (χ0n) is 11.7. The predicted octanol–water partition coefficient (Wildman–Crippen LogP) is 2.12. The molecule has 0 atom stereocenters. The Morgan fingerprint density at radius 3 is 2.68 bits per heavy atom. The van der Waals surface area contributed by atoms with E-state index >= 15 is 0 Å². The maximum atomic E-state index is 13.3. The summed E-state index contributed by atoms with van der Waals surface area (Å²) in [7, 11) is 0. The van der Waals surface area contributed by atoms with Crippen molar-refractivity contribution in [3.8, 4) is 0 Å². The lowest BCUT2D eigenvalue weighted by molar-refractivity contribution is -0.121. The van der Waals surface area contributed by atoms with E-state index in [0.29, 0.717) is 44.0 Å². The lowest BCUT2D eigenvalue weighted by Gasteiger charge is -2.08. The highest BCUT2D eigenvalue weighted by Crippen LogP contribution is 2.05. The second-order valence-electron chi connectivity index (χ2n) is 5.04. The lowest BCUT2D eigenvalue weighted by Crippen LogP contribution is -2.30. The average molecular weight is 266 g/mol. The van der Waals surface area contributed by atoms with Gasteiger partial charge in [0.15, 0.2) is 0 Å². The summed E-state index contributed by atoms with van der Waals surface area (Å²) in [6, 6.07) is 6.77. The summed E-state index contributed by atoms with van der Waals surface area (Å²) in [5, 5.41) is 6.01. The second kappa shape index (κ2) is 8.64. The molecule has 1 rings (SSSR count). The number of benzene rings is 1. The monoisotopic (exact) mass is 266 g/mol. The number of rotatable bonds is 8. The van der Waals surface area contributed by atoms with Gasteiger partial charge in [-0.1, -0.05) is 32.0 Å². The van der Waals surface area contributed by atoms with E-state index in [0.717, 1.165) is 0 Å². The summed E-state index contributed by atoms with van der Waals surface area (Å²) in [6.45, 7) is 6.14. The summed E-state index contributed by atoms with van der Waals surface area (Å²) in [5.41, 5.74) is 0.708. The van der Waals surface area contributed by atoms with Crippen LogP contribution in [0.1, 0.15) is 25.8 Å². The van der Waals surface area contributed by atoms with E-state index in [1.165, 1.54) is 6.07 Å². The van der Waals surface area contributed by atoms with E-state index in [2.05, 4.69) is 24.5 Å². The van der Waals surface area contributed by atoms with Gasteiger partial charge in [-0.15, -0.1) is 0 Å². The van der Waals surface area contributed by atoms with Gasteiger partial charge in [0, 0.05) is 19.5 Å². The van der Waals surface area contributed by atoms with Crippen LogP contribution >= 0.6 is 0 Å². The SMILES string of the molecule is CC(C)CNC(=O)CCNCCc1ccccc1F. The highest BCUT2D eigenvalue weighted by molar-refractivity contribution is 5.76. The van der Waals surface area contributed by atoms with Crippen LogP contribution < -0.4 is 10.6 Å². The van der Waals surface area contributed by atoms with Crippen molar-refractivity contribution < 1.29 is 9.18 Å². The van der Waals surface area contributed by atoms with Gasteiger partial charge in [-0.3, -0.25) is 4.79 Å². The second-order valence-corrected chi connectivity index (χ2v) is 5.04. The van der Waals surface area contributed by atoms with Crippen molar-refractivity contribution in [1.82, 2.24) is 10.6 Å². The molecule has 106 valence electrons. The van der Waals surface area contributed by atoms with E-state index < -0.39 is 0 Å². The molecule has 2 N–H and O–H groups in total. The molecule has 0 spiro atoms. The first-order valence-corrected chi connectivity index (χ1v) is 6.80. The highest BCUT2D eigenvalue weighted by atomic mass is 19.1. The minimum atomic E-state index is -0.168. The molecule has 0 aliphatic carbocycles. The zero-order chi connectivity index (χ0) is 14.1. The zero-order valence-corrected chi connectivity index (χ0v) is 11.7. The van der Waals surface area contributed by atoms with E-state index in [4.69, 9.17) is 0 Å². The molecule has 3 nitrogen and oxygen atoms in total. The third-order valence-corrected chi connectivity index (χ3v) is 2.77. The maximum Gasteiger partial charge on any atom is 0.221 e. The number of carbonyl (C=O) groups is 1. The fourth-order valence-electron chi connectivity index (χ4n) is 1.66. The van der Waals surface area contributed by atoms with Crippen LogP contribution in [0.25, 0.3) is 0 Å². The Kier molecular flexibility index (Phi) is 7.11. The molecule has 19 heavy (non-hydrogen) atoms. The minimum absolute atomic E-state index is 0.0621. The summed E-state index contributed by atoms with van der Waals surface area (Å²) < 4.78 is 13.3. The van der Waals surface area contributed by atoms with Crippen molar-refractivity contribution in [2.45, 2.75) is 26.7 Å². The number of hydrogen-bond donors (Lipinski definition) is 2. The molecule has 0 saturated carbocycles. The average Bonchev–Trinajstić information content (AvgIpc) is 2.38. The van der Waals surface area contributed by atoms with Gasteiger partial charge in [0.2, 0.25) is 5.91 Å². The Bertz CT molecular complexity index is 393. The molecule has 0 fully saturated rings. The van der Waals surface area contributed by atoms with Gasteiger partial charge < -0.3 is 10.6 Å². The van der Waals surface area contributed by atoms with Crippen LogP contribution in [-0.2, 0) is 11.2 Å². The molecule has 0 bridgehead atoms. The molecule has 0 radical (unpaired) electrons.